The van der Waals surface area contributed by atoms with Gasteiger partial charge in [-0.05, 0) is 24.3 Å². The maximum Gasteiger partial charge on any atom is 0.232 e. The zero-order valence-corrected chi connectivity index (χ0v) is 17.2. The number of aromatic nitrogens is 3. The van der Waals surface area contributed by atoms with E-state index in [4.69, 9.17) is 9.72 Å². The topological polar surface area (TPSA) is 80.2 Å². The number of thiazole rings is 2. The van der Waals surface area contributed by atoms with E-state index >= 15 is 0 Å². The summed E-state index contributed by atoms with van der Waals surface area (Å²) in [5.74, 6) is 0.690. The minimum atomic E-state index is -0.0744. The summed E-state index contributed by atoms with van der Waals surface area (Å²) in [7, 11) is 1.65. The fourth-order valence-corrected chi connectivity index (χ4v) is 4.92. The molecule has 0 spiro atoms. The van der Waals surface area contributed by atoms with E-state index < -0.39 is 0 Å². The van der Waals surface area contributed by atoms with Gasteiger partial charge in [-0.1, -0.05) is 17.4 Å². The molecule has 0 unspecified atom stereocenters. The van der Waals surface area contributed by atoms with E-state index in [1.165, 1.54) is 11.3 Å². The molecule has 0 aliphatic carbocycles. The number of anilines is 2. The van der Waals surface area contributed by atoms with Crippen LogP contribution < -0.4 is 15.0 Å². The first kappa shape index (κ1) is 18.0. The highest BCUT2D eigenvalue weighted by atomic mass is 32.1. The van der Waals surface area contributed by atoms with Crippen molar-refractivity contribution in [3.8, 4) is 17.0 Å². The minimum Gasteiger partial charge on any atom is -0.494 e. The molecule has 0 bridgehead atoms. The lowest BCUT2D eigenvalue weighted by Gasteiger charge is -2.37. The predicted octanol–water partition coefficient (Wildman–Crippen LogP) is 3.90. The molecule has 3 aromatic heterocycles. The Morgan fingerprint density at radius 1 is 1.24 bits per heavy atom. The van der Waals surface area contributed by atoms with Gasteiger partial charge in [-0.25, -0.2) is 9.97 Å². The van der Waals surface area contributed by atoms with E-state index in [1.54, 1.807) is 30.8 Å². The number of hydrogen-bond acceptors (Lipinski definition) is 8. The molecule has 0 saturated carbocycles. The van der Waals surface area contributed by atoms with Crippen molar-refractivity contribution in [3.05, 3.63) is 48.1 Å². The van der Waals surface area contributed by atoms with Crippen molar-refractivity contribution in [2.75, 3.05) is 30.4 Å². The maximum atomic E-state index is 12.6. The Bertz CT molecular complexity index is 1170. The van der Waals surface area contributed by atoms with Gasteiger partial charge >= 0.3 is 0 Å². The number of ether oxygens (including phenoxy) is 1. The van der Waals surface area contributed by atoms with Crippen molar-refractivity contribution in [1.82, 2.24) is 15.0 Å². The minimum absolute atomic E-state index is 0.00738. The molecule has 146 valence electrons. The van der Waals surface area contributed by atoms with E-state index in [2.05, 4.69) is 20.2 Å². The Labute approximate surface area is 175 Å². The molecule has 4 aromatic rings. The zero-order valence-electron chi connectivity index (χ0n) is 15.5. The van der Waals surface area contributed by atoms with E-state index in [0.29, 0.717) is 18.2 Å². The Kier molecular flexibility index (Phi) is 4.61. The number of methoxy groups -OCH3 is 1. The van der Waals surface area contributed by atoms with E-state index in [0.717, 1.165) is 32.4 Å². The summed E-state index contributed by atoms with van der Waals surface area (Å²) in [5, 5.41) is 6.39. The quantitative estimate of drug-likeness (QED) is 0.524. The predicted molar refractivity (Wildman–Crippen MR) is 116 cm³/mol. The average molecular weight is 424 g/mol. The second-order valence-electron chi connectivity index (χ2n) is 6.67. The number of nitrogens with zero attached hydrogens (tertiary/aromatic N) is 4. The number of carbonyl (C=O) groups excluding carboxylic acids is 1. The van der Waals surface area contributed by atoms with Crippen LogP contribution in [0.3, 0.4) is 0 Å². The van der Waals surface area contributed by atoms with Gasteiger partial charge in [0, 0.05) is 36.4 Å². The summed E-state index contributed by atoms with van der Waals surface area (Å²) in [6, 6.07) is 9.72. The van der Waals surface area contributed by atoms with Crippen molar-refractivity contribution in [2.45, 2.75) is 0 Å². The van der Waals surface area contributed by atoms with Crippen molar-refractivity contribution < 1.29 is 9.53 Å². The Hall–Kier alpha value is -3.04. The van der Waals surface area contributed by atoms with Crippen molar-refractivity contribution in [2.24, 2.45) is 5.92 Å². The van der Waals surface area contributed by atoms with Crippen LogP contribution in [-0.4, -0.2) is 41.1 Å². The van der Waals surface area contributed by atoms with Crippen molar-refractivity contribution >= 4 is 49.1 Å². The molecule has 1 saturated heterocycles. The molecule has 0 radical (unpaired) electrons. The number of benzene rings is 1. The van der Waals surface area contributed by atoms with E-state index in [-0.39, 0.29) is 11.8 Å². The number of rotatable bonds is 5. The van der Waals surface area contributed by atoms with Gasteiger partial charge in [-0.15, -0.1) is 11.3 Å². The fraction of sp³-hybridized carbons (Fsp3) is 0.200. The monoisotopic (exact) mass is 423 g/mol. The van der Waals surface area contributed by atoms with Gasteiger partial charge in [0.1, 0.15) is 11.3 Å². The molecule has 9 heteroatoms. The molecule has 29 heavy (non-hydrogen) atoms. The van der Waals surface area contributed by atoms with Crippen molar-refractivity contribution in [1.29, 1.82) is 0 Å². The Morgan fingerprint density at radius 3 is 2.93 bits per heavy atom. The van der Waals surface area contributed by atoms with Crippen LogP contribution in [0.25, 0.3) is 21.5 Å². The molecule has 1 aliphatic heterocycles. The molecule has 7 nitrogen and oxygen atoms in total. The number of amides is 1. The van der Waals surface area contributed by atoms with Crippen LogP contribution >= 0.6 is 22.7 Å². The molecule has 1 aliphatic rings. The molecular formula is C20H17N5O2S2. The third kappa shape index (κ3) is 3.43. The second kappa shape index (κ2) is 7.41. The number of para-hydroxylation sites is 1. The van der Waals surface area contributed by atoms with Gasteiger partial charge in [0.2, 0.25) is 5.91 Å². The molecule has 1 amide bonds. The lowest BCUT2D eigenvalue weighted by Crippen LogP contribution is -2.52. The number of fused-ring (bicyclic) bond motifs is 1. The maximum absolute atomic E-state index is 12.6. The van der Waals surface area contributed by atoms with Crippen LogP contribution in [0.1, 0.15) is 0 Å². The third-order valence-electron chi connectivity index (χ3n) is 4.81. The molecule has 5 rings (SSSR count). The van der Waals surface area contributed by atoms with E-state index in [1.807, 2.05) is 35.7 Å². The summed E-state index contributed by atoms with van der Waals surface area (Å²) in [4.78, 5) is 28.0. The van der Waals surface area contributed by atoms with Crippen LogP contribution in [0.5, 0.6) is 5.75 Å². The van der Waals surface area contributed by atoms with Crippen LogP contribution in [0.4, 0.5) is 10.3 Å². The highest BCUT2D eigenvalue weighted by Gasteiger charge is 2.35. The first-order chi connectivity index (χ1) is 14.2. The van der Waals surface area contributed by atoms with Gasteiger partial charge < -0.3 is 15.0 Å². The summed E-state index contributed by atoms with van der Waals surface area (Å²) in [6.07, 6.45) is 3.49. The molecule has 1 N–H and O–H groups in total. The fourth-order valence-electron chi connectivity index (χ4n) is 3.20. The lowest BCUT2D eigenvalue weighted by atomic mass is 10.0. The third-order valence-corrected chi connectivity index (χ3v) is 6.64. The van der Waals surface area contributed by atoms with Crippen molar-refractivity contribution in [3.63, 3.8) is 0 Å². The van der Waals surface area contributed by atoms with Crippen LogP contribution in [0.2, 0.25) is 0 Å². The smallest absolute Gasteiger partial charge is 0.232 e. The van der Waals surface area contributed by atoms with Gasteiger partial charge in [0.25, 0.3) is 0 Å². The Balaban J connectivity index is 1.22. The van der Waals surface area contributed by atoms with Gasteiger partial charge in [0.15, 0.2) is 10.3 Å². The number of nitrogens with one attached hydrogen (secondary N) is 1. The number of hydrogen-bond donors (Lipinski definition) is 1. The normalized spacial score (nSPS) is 14.0. The SMILES string of the molecule is COc1cccc2sc(N3CC(C(=O)Nc4nc(-c5cccnc5)cs4)C3)nc12. The summed E-state index contributed by atoms with van der Waals surface area (Å²) >= 11 is 3.04. The second-order valence-corrected chi connectivity index (χ2v) is 8.54. The largest absolute Gasteiger partial charge is 0.494 e. The molecule has 0 atom stereocenters. The average Bonchev–Trinajstić information content (AvgIpc) is 3.34. The summed E-state index contributed by atoms with van der Waals surface area (Å²) in [6.45, 7) is 1.30. The molecule has 1 aromatic carbocycles. The van der Waals surface area contributed by atoms with Gasteiger partial charge in [0.05, 0.1) is 23.4 Å². The standard InChI is InChI=1S/C20H17N5O2S2/c1-27-15-5-2-6-16-17(15)23-20(29-16)25-9-13(10-25)18(26)24-19-22-14(11-28-19)12-4-3-7-21-8-12/h2-8,11,13H,9-10H2,1H3,(H,22,24,26). The lowest BCUT2D eigenvalue weighted by molar-refractivity contribution is -0.120. The van der Waals surface area contributed by atoms with Gasteiger partial charge in [-0.3, -0.25) is 9.78 Å². The first-order valence-corrected chi connectivity index (χ1v) is 10.8. The molecule has 1 fully saturated rings. The van der Waals surface area contributed by atoms with E-state index in [9.17, 15) is 4.79 Å². The number of carbonyl (C=O) groups is 1. The van der Waals surface area contributed by atoms with Crippen LogP contribution in [0, 0.1) is 5.92 Å². The number of pyridine rings is 1. The van der Waals surface area contributed by atoms with Crippen LogP contribution in [-0.2, 0) is 4.79 Å². The highest BCUT2D eigenvalue weighted by molar-refractivity contribution is 7.22. The summed E-state index contributed by atoms with van der Waals surface area (Å²) < 4.78 is 6.47. The first-order valence-electron chi connectivity index (χ1n) is 9.06. The highest BCUT2D eigenvalue weighted by Crippen LogP contribution is 2.36. The Morgan fingerprint density at radius 2 is 2.14 bits per heavy atom. The summed E-state index contributed by atoms with van der Waals surface area (Å²) in [5.41, 5.74) is 2.62. The molecule has 4 heterocycles. The van der Waals surface area contributed by atoms with Crippen LogP contribution in [0.15, 0.2) is 48.1 Å². The van der Waals surface area contributed by atoms with Gasteiger partial charge in [-0.2, -0.15) is 0 Å². The zero-order chi connectivity index (χ0) is 19.8. The molecular weight excluding hydrogens is 406 g/mol.